The number of aryl methyl sites for hydroxylation is 2. The van der Waals surface area contributed by atoms with E-state index >= 15 is 0 Å². The molecule has 0 aromatic heterocycles. The van der Waals surface area contributed by atoms with Gasteiger partial charge in [-0.05, 0) is 32.4 Å². The van der Waals surface area contributed by atoms with E-state index in [4.69, 9.17) is 4.74 Å². The lowest BCUT2D eigenvalue weighted by Gasteiger charge is -2.23. The van der Waals surface area contributed by atoms with Gasteiger partial charge in [-0.25, -0.2) is 0 Å². The normalized spacial score (nSPS) is 26.3. The van der Waals surface area contributed by atoms with Gasteiger partial charge in [0.25, 0.3) is 5.91 Å². The van der Waals surface area contributed by atoms with Crippen molar-refractivity contribution < 1.29 is 14.3 Å². The lowest BCUT2D eigenvalue weighted by atomic mass is 10.0. The quantitative estimate of drug-likeness (QED) is 0.833. The summed E-state index contributed by atoms with van der Waals surface area (Å²) in [6.07, 6.45) is 0.637. The van der Waals surface area contributed by atoms with Crippen LogP contribution in [-0.4, -0.2) is 61.0 Å². The molecule has 2 saturated heterocycles. The summed E-state index contributed by atoms with van der Waals surface area (Å²) in [6.45, 7) is 5.04. The molecule has 0 saturated carbocycles. The van der Waals surface area contributed by atoms with Gasteiger partial charge < -0.3 is 14.5 Å². The summed E-state index contributed by atoms with van der Waals surface area (Å²) < 4.78 is 5.78. The van der Waals surface area contributed by atoms with Crippen LogP contribution in [0.5, 0.6) is 0 Å². The highest BCUT2D eigenvalue weighted by molar-refractivity contribution is 5.96. The minimum Gasteiger partial charge on any atom is -0.375 e. The zero-order chi connectivity index (χ0) is 16.7. The van der Waals surface area contributed by atoms with Gasteiger partial charge in [-0.3, -0.25) is 9.59 Å². The van der Waals surface area contributed by atoms with E-state index in [1.54, 1.807) is 19.0 Å². The number of benzene rings is 1. The Bertz CT molecular complexity index is 621. The molecule has 2 aliphatic rings. The first-order valence-electron chi connectivity index (χ1n) is 8.10. The Hall–Kier alpha value is -1.88. The van der Waals surface area contributed by atoms with E-state index in [0.29, 0.717) is 18.7 Å². The van der Waals surface area contributed by atoms with Gasteiger partial charge in [0.15, 0.2) is 0 Å². The first-order chi connectivity index (χ1) is 10.9. The van der Waals surface area contributed by atoms with Gasteiger partial charge in [-0.15, -0.1) is 0 Å². The molecule has 2 fully saturated rings. The van der Waals surface area contributed by atoms with Gasteiger partial charge in [0.1, 0.15) is 0 Å². The van der Waals surface area contributed by atoms with Gasteiger partial charge >= 0.3 is 0 Å². The number of carbonyl (C=O) groups excluding carboxylic acids is 2. The van der Waals surface area contributed by atoms with Gasteiger partial charge in [0.05, 0.1) is 18.1 Å². The van der Waals surface area contributed by atoms with E-state index in [-0.39, 0.29) is 29.9 Å². The number of nitrogens with zero attached hydrogens (tertiary/aromatic N) is 2. The van der Waals surface area contributed by atoms with Crippen LogP contribution in [0, 0.1) is 19.8 Å². The van der Waals surface area contributed by atoms with Crippen molar-refractivity contribution in [3.8, 4) is 0 Å². The maximum atomic E-state index is 13.0. The number of rotatable bonds is 2. The highest BCUT2D eigenvalue weighted by Gasteiger charge is 2.50. The third-order valence-electron chi connectivity index (χ3n) is 4.78. The van der Waals surface area contributed by atoms with Gasteiger partial charge in [0, 0.05) is 32.8 Å². The van der Waals surface area contributed by atoms with Gasteiger partial charge in [-0.1, -0.05) is 17.2 Å². The minimum absolute atomic E-state index is 0.00589. The summed E-state index contributed by atoms with van der Waals surface area (Å²) in [6, 6.07) is 5.90. The molecule has 0 radical (unpaired) electrons. The molecular weight excluding hydrogens is 292 g/mol. The van der Waals surface area contributed by atoms with Crippen LogP contribution in [-0.2, 0) is 9.53 Å². The second-order valence-electron chi connectivity index (χ2n) is 6.86. The average molecular weight is 316 g/mol. The highest BCUT2D eigenvalue weighted by Crippen LogP contribution is 2.35. The molecule has 3 rings (SSSR count). The minimum atomic E-state index is -0.257. The third kappa shape index (κ3) is 2.85. The molecule has 124 valence electrons. The van der Waals surface area contributed by atoms with Crippen molar-refractivity contribution in [1.82, 2.24) is 9.80 Å². The Morgan fingerprint density at radius 1 is 1.17 bits per heavy atom. The Balaban J connectivity index is 1.87. The van der Waals surface area contributed by atoms with Crippen molar-refractivity contribution >= 4 is 11.8 Å². The van der Waals surface area contributed by atoms with Crippen LogP contribution in [0.15, 0.2) is 18.2 Å². The number of ether oxygens (including phenoxy) is 1. The SMILES string of the molecule is Cc1cc(C)cc(C(=O)N2C[C@H](C(=O)N(C)C)[C@@H]3OCC[C@H]32)c1. The fraction of sp³-hybridized carbons (Fsp3) is 0.556. The summed E-state index contributed by atoms with van der Waals surface area (Å²) in [5.41, 5.74) is 2.85. The second-order valence-corrected chi connectivity index (χ2v) is 6.86. The molecule has 0 N–H and O–H groups in total. The Morgan fingerprint density at radius 2 is 1.83 bits per heavy atom. The topological polar surface area (TPSA) is 49.9 Å². The molecule has 2 amide bonds. The van der Waals surface area contributed by atoms with E-state index in [1.165, 1.54) is 0 Å². The van der Waals surface area contributed by atoms with Crippen molar-refractivity contribution in [2.24, 2.45) is 5.92 Å². The number of hydrogen-bond donors (Lipinski definition) is 0. The molecular formula is C18H24N2O3. The van der Waals surface area contributed by atoms with Gasteiger partial charge in [0.2, 0.25) is 5.91 Å². The maximum absolute atomic E-state index is 13.0. The van der Waals surface area contributed by atoms with E-state index in [9.17, 15) is 9.59 Å². The summed E-state index contributed by atoms with van der Waals surface area (Å²) in [5, 5.41) is 0. The summed E-state index contributed by atoms with van der Waals surface area (Å²) in [5.74, 6) is -0.212. The lowest BCUT2D eigenvalue weighted by molar-refractivity contribution is -0.135. The number of fused-ring (bicyclic) bond motifs is 1. The van der Waals surface area contributed by atoms with Crippen molar-refractivity contribution in [1.29, 1.82) is 0 Å². The molecule has 0 bridgehead atoms. The molecule has 23 heavy (non-hydrogen) atoms. The second kappa shape index (κ2) is 5.96. The highest BCUT2D eigenvalue weighted by atomic mass is 16.5. The number of amides is 2. The molecule has 2 heterocycles. The van der Waals surface area contributed by atoms with Crippen molar-refractivity contribution in [2.75, 3.05) is 27.2 Å². The van der Waals surface area contributed by atoms with Crippen LogP contribution in [0.25, 0.3) is 0 Å². The zero-order valence-corrected chi connectivity index (χ0v) is 14.2. The fourth-order valence-electron chi connectivity index (χ4n) is 3.82. The molecule has 0 aliphatic carbocycles. The molecule has 5 heteroatoms. The summed E-state index contributed by atoms with van der Waals surface area (Å²) in [4.78, 5) is 28.8. The number of hydrogen-bond acceptors (Lipinski definition) is 3. The lowest BCUT2D eigenvalue weighted by Crippen LogP contribution is -2.37. The standard InChI is InChI=1S/C18H24N2O3/c1-11-7-12(2)9-13(8-11)17(21)20-10-14(18(22)19(3)4)16-15(20)5-6-23-16/h7-9,14-16H,5-6,10H2,1-4H3/t14-,15+,16-/m0/s1. The molecule has 2 aliphatic heterocycles. The largest absolute Gasteiger partial charge is 0.375 e. The van der Waals surface area contributed by atoms with Crippen molar-refractivity contribution in [2.45, 2.75) is 32.4 Å². The van der Waals surface area contributed by atoms with Crippen molar-refractivity contribution in [3.05, 3.63) is 34.9 Å². The summed E-state index contributed by atoms with van der Waals surface area (Å²) >= 11 is 0. The fourth-order valence-corrected chi connectivity index (χ4v) is 3.82. The predicted molar refractivity (Wildman–Crippen MR) is 87.3 cm³/mol. The maximum Gasteiger partial charge on any atom is 0.254 e. The third-order valence-corrected chi connectivity index (χ3v) is 4.78. The zero-order valence-electron chi connectivity index (χ0n) is 14.2. The van der Waals surface area contributed by atoms with Crippen LogP contribution < -0.4 is 0 Å². The first-order valence-corrected chi connectivity index (χ1v) is 8.10. The van der Waals surface area contributed by atoms with Gasteiger partial charge in [-0.2, -0.15) is 0 Å². The number of likely N-dealkylation sites (tertiary alicyclic amines) is 1. The molecule has 0 spiro atoms. The first kappa shape index (κ1) is 16.0. The Kier molecular flexibility index (Phi) is 4.15. The average Bonchev–Trinajstić information content (AvgIpc) is 3.06. The molecule has 1 aromatic carbocycles. The molecule has 5 nitrogen and oxygen atoms in total. The Morgan fingerprint density at radius 3 is 2.43 bits per heavy atom. The van der Waals surface area contributed by atoms with E-state index < -0.39 is 0 Å². The van der Waals surface area contributed by atoms with Crippen molar-refractivity contribution in [3.63, 3.8) is 0 Å². The van der Waals surface area contributed by atoms with E-state index in [2.05, 4.69) is 6.07 Å². The van der Waals surface area contributed by atoms with Crippen LogP contribution in [0.1, 0.15) is 27.9 Å². The monoisotopic (exact) mass is 316 g/mol. The molecule has 0 unspecified atom stereocenters. The number of carbonyl (C=O) groups is 2. The van der Waals surface area contributed by atoms with Crippen LogP contribution >= 0.6 is 0 Å². The van der Waals surface area contributed by atoms with E-state index in [1.807, 2.05) is 30.9 Å². The van der Waals surface area contributed by atoms with Crippen LogP contribution in [0.3, 0.4) is 0 Å². The van der Waals surface area contributed by atoms with Crippen LogP contribution in [0.4, 0.5) is 0 Å². The molecule has 1 aromatic rings. The predicted octanol–water partition coefficient (Wildman–Crippen LogP) is 1.62. The van der Waals surface area contributed by atoms with E-state index in [0.717, 1.165) is 17.5 Å². The Labute approximate surface area is 137 Å². The van der Waals surface area contributed by atoms with Crippen LogP contribution in [0.2, 0.25) is 0 Å². The smallest absolute Gasteiger partial charge is 0.254 e. The summed E-state index contributed by atoms with van der Waals surface area (Å²) in [7, 11) is 3.50. The molecule has 3 atom stereocenters.